The number of benzene rings is 2. The predicted molar refractivity (Wildman–Crippen MR) is 108 cm³/mol. The highest BCUT2D eigenvalue weighted by Crippen LogP contribution is 2.31. The zero-order valence-electron chi connectivity index (χ0n) is 16.5. The number of hydrogen-bond acceptors (Lipinski definition) is 7. The Morgan fingerprint density at radius 1 is 1.07 bits per heavy atom. The first-order valence-electron chi connectivity index (χ1n) is 9.12. The smallest absolute Gasteiger partial charge is 0.303 e. The van der Waals surface area contributed by atoms with Crippen LogP contribution in [0.2, 0.25) is 0 Å². The molecule has 30 heavy (non-hydrogen) atoms. The molecule has 0 amide bonds. The van der Waals surface area contributed by atoms with E-state index in [0.29, 0.717) is 23.7 Å². The molecule has 0 radical (unpaired) electrons. The number of aliphatic carboxylic acids is 1. The number of aryl methyl sites for hydroxylation is 1. The number of rotatable bonds is 9. The van der Waals surface area contributed by atoms with Gasteiger partial charge in [0, 0.05) is 12.0 Å². The largest absolute Gasteiger partial charge is 0.497 e. The van der Waals surface area contributed by atoms with Gasteiger partial charge in [-0.1, -0.05) is 12.1 Å². The predicted octanol–water partition coefficient (Wildman–Crippen LogP) is 2.45. The van der Waals surface area contributed by atoms with Gasteiger partial charge in [-0.3, -0.25) is 9.59 Å². The maximum absolute atomic E-state index is 12.1. The van der Waals surface area contributed by atoms with Crippen molar-refractivity contribution in [3.8, 4) is 28.6 Å². The summed E-state index contributed by atoms with van der Waals surface area (Å²) in [5.74, 6) is 0.976. The number of ether oxygens (including phenoxy) is 3. The number of carboxylic acid groups (broad SMARTS) is 1. The van der Waals surface area contributed by atoms with Gasteiger partial charge in [-0.15, -0.1) is 10.2 Å². The summed E-state index contributed by atoms with van der Waals surface area (Å²) in [5.41, 5.74) is 1.12. The van der Waals surface area contributed by atoms with Crippen LogP contribution in [0.4, 0.5) is 0 Å². The molecule has 9 heteroatoms. The second-order valence-electron chi connectivity index (χ2n) is 6.35. The summed E-state index contributed by atoms with van der Waals surface area (Å²) in [5, 5.41) is 16.6. The van der Waals surface area contributed by atoms with E-state index in [-0.39, 0.29) is 24.4 Å². The average Bonchev–Trinajstić information content (AvgIpc) is 2.76. The van der Waals surface area contributed by atoms with Crippen molar-refractivity contribution in [1.29, 1.82) is 0 Å². The fourth-order valence-corrected chi connectivity index (χ4v) is 2.74. The first-order valence-corrected chi connectivity index (χ1v) is 9.12. The van der Waals surface area contributed by atoms with Gasteiger partial charge in [0.2, 0.25) is 0 Å². The number of methoxy groups -OCH3 is 2. The molecule has 0 aliphatic rings. The number of H-pyrrole nitrogens is 1. The van der Waals surface area contributed by atoms with Gasteiger partial charge in [-0.2, -0.15) is 0 Å². The molecule has 0 aliphatic carbocycles. The first-order chi connectivity index (χ1) is 14.5. The van der Waals surface area contributed by atoms with Crippen molar-refractivity contribution in [2.45, 2.75) is 19.4 Å². The summed E-state index contributed by atoms with van der Waals surface area (Å²) in [6.07, 6.45) is -0.178. The molecule has 0 atom stereocenters. The molecule has 0 saturated carbocycles. The highest BCUT2D eigenvalue weighted by Gasteiger charge is 2.12. The normalized spacial score (nSPS) is 10.5. The Kier molecular flexibility index (Phi) is 6.63. The minimum Gasteiger partial charge on any atom is -0.497 e. The Morgan fingerprint density at radius 2 is 1.90 bits per heavy atom. The third-order valence-corrected chi connectivity index (χ3v) is 4.31. The topological polar surface area (TPSA) is 124 Å². The Morgan fingerprint density at radius 3 is 2.60 bits per heavy atom. The van der Waals surface area contributed by atoms with E-state index in [0.717, 1.165) is 11.3 Å². The molecular formula is C21H21N3O6. The zero-order chi connectivity index (χ0) is 21.5. The van der Waals surface area contributed by atoms with E-state index in [9.17, 15) is 9.59 Å². The molecule has 0 aliphatic heterocycles. The summed E-state index contributed by atoms with van der Waals surface area (Å²) in [6.45, 7) is 0.321. The minimum atomic E-state index is -1.01. The van der Waals surface area contributed by atoms with Crippen LogP contribution in [0.5, 0.6) is 17.2 Å². The number of nitrogens with one attached hydrogen (secondary N) is 1. The van der Waals surface area contributed by atoms with Crippen molar-refractivity contribution in [2.75, 3.05) is 14.2 Å². The fourth-order valence-electron chi connectivity index (χ4n) is 2.74. The molecule has 0 spiro atoms. The number of carboxylic acids is 1. The second kappa shape index (κ2) is 9.55. The molecule has 3 rings (SSSR count). The van der Waals surface area contributed by atoms with Gasteiger partial charge in [0.25, 0.3) is 5.56 Å². The molecule has 0 bridgehead atoms. The van der Waals surface area contributed by atoms with Crippen molar-refractivity contribution in [1.82, 2.24) is 15.2 Å². The molecule has 1 heterocycles. The van der Waals surface area contributed by atoms with Crippen LogP contribution in [0, 0.1) is 0 Å². The summed E-state index contributed by atoms with van der Waals surface area (Å²) in [4.78, 5) is 25.4. The standard InChI is InChI=1S/C21H21N3O6/c1-28-15-5-3-4-13(10-15)12-30-17-8-6-14(11-18(17)29-2)20-22-21(27)16(23-24-20)7-9-19(25)26/h3-6,8,10-11H,7,9,12H2,1-2H3,(H,25,26)(H,22,24,27). The van der Waals surface area contributed by atoms with Crippen LogP contribution in [-0.2, 0) is 17.8 Å². The Bertz CT molecular complexity index is 1100. The number of hydrogen-bond donors (Lipinski definition) is 2. The lowest BCUT2D eigenvalue weighted by Gasteiger charge is -2.12. The lowest BCUT2D eigenvalue weighted by atomic mass is 10.2. The maximum Gasteiger partial charge on any atom is 0.303 e. The lowest BCUT2D eigenvalue weighted by molar-refractivity contribution is -0.136. The average molecular weight is 411 g/mol. The first kappa shape index (κ1) is 20.8. The second-order valence-corrected chi connectivity index (χ2v) is 6.35. The number of carbonyl (C=O) groups is 1. The van der Waals surface area contributed by atoms with Crippen LogP contribution in [-0.4, -0.2) is 40.5 Å². The zero-order valence-corrected chi connectivity index (χ0v) is 16.5. The van der Waals surface area contributed by atoms with E-state index in [4.69, 9.17) is 19.3 Å². The number of nitrogens with zero attached hydrogens (tertiary/aromatic N) is 2. The van der Waals surface area contributed by atoms with Gasteiger partial charge in [0.1, 0.15) is 18.1 Å². The molecule has 0 unspecified atom stereocenters. The molecule has 1 aromatic heterocycles. The van der Waals surface area contributed by atoms with E-state index in [2.05, 4.69) is 15.2 Å². The SMILES string of the molecule is COc1cccc(COc2ccc(-c3nnc(CCC(=O)O)c(=O)[nH]3)cc2OC)c1. The minimum absolute atomic E-state index is 0.0122. The van der Waals surface area contributed by atoms with Crippen LogP contribution in [0.15, 0.2) is 47.3 Å². The highest BCUT2D eigenvalue weighted by atomic mass is 16.5. The van der Waals surface area contributed by atoms with Gasteiger partial charge in [-0.25, -0.2) is 0 Å². The third-order valence-electron chi connectivity index (χ3n) is 4.31. The molecular weight excluding hydrogens is 390 g/mol. The molecule has 3 aromatic rings. The Balaban J connectivity index is 1.77. The van der Waals surface area contributed by atoms with Crippen molar-refractivity contribution >= 4 is 5.97 Å². The number of aromatic amines is 1. The van der Waals surface area contributed by atoms with Crippen molar-refractivity contribution in [2.24, 2.45) is 0 Å². The van der Waals surface area contributed by atoms with E-state index in [1.54, 1.807) is 25.3 Å². The number of aromatic nitrogens is 3. The van der Waals surface area contributed by atoms with Crippen LogP contribution < -0.4 is 19.8 Å². The molecule has 2 aromatic carbocycles. The summed E-state index contributed by atoms with van der Waals surface area (Å²) in [6, 6.07) is 12.7. The van der Waals surface area contributed by atoms with Gasteiger partial charge in [0.05, 0.1) is 20.6 Å². The fraction of sp³-hybridized carbons (Fsp3) is 0.238. The quantitative estimate of drug-likeness (QED) is 0.550. The Labute approximate surface area is 172 Å². The van der Waals surface area contributed by atoms with Gasteiger partial charge in [-0.05, 0) is 35.9 Å². The van der Waals surface area contributed by atoms with Crippen LogP contribution in [0.3, 0.4) is 0 Å². The molecule has 0 fully saturated rings. The van der Waals surface area contributed by atoms with Gasteiger partial charge < -0.3 is 24.3 Å². The van der Waals surface area contributed by atoms with Crippen LogP contribution in [0.1, 0.15) is 17.7 Å². The summed E-state index contributed by atoms with van der Waals surface area (Å²) in [7, 11) is 3.12. The van der Waals surface area contributed by atoms with E-state index in [1.165, 1.54) is 7.11 Å². The van der Waals surface area contributed by atoms with E-state index >= 15 is 0 Å². The van der Waals surface area contributed by atoms with Crippen molar-refractivity contribution in [3.05, 3.63) is 64.1 Å². The monoisotopic (exact) mass is 411 g/mol. The van der Waals surface area contributed by atoms with Gasteiger partial charge >= 0.3 is 5.97 Å². The van der Waals surface area contributed by atoms with Crippen molar-refractivity contribution in [3.63, 3.8) is 0 Å². The van der Waals surface area contributed by atoms with Crippen LogP contribution >= 0.6 is 0 Å². The summed E-state index contributed by atoms with van der Waals surface area (Å²) >= 11 is 0. The molecule has 9 nitrogen and oxygen atoms in total. The lowest BCUT2D eigenvalue weighted by Crippen LogP contribution is -2.18. The van der Waals surface area contributed by atoms with E-state index < -0.39 is 11.5 Å². The third kappa shape index (κ3) is 5.13. The summed E-state index contributed by atoms with van der Waals surface area (Å²) < 4.78 is 16.5. The molecule has 0 saturated heterocycles. The van der Waals surface area contributed by atoms with Crippen LogP contribution in [0.25, 0.3) is 11.4 Å². The van der Waals surface area contributed by atoms with E-state index in [1.807, 2.05) is 24.3 Å². The molecule has 156 valence electrons. The van der Waals surface area contributed by atoms with Crippen molar-refractivity contribution < 1.29 is 24.1 Å². The maximum atomic E-state index is 12.1. The molecule has 2 N–H and O–H groups in total. The highest BCUT2D eigenvalue weighted by molar-refractivity contribution is 5.67. The Hall–Kier alpha value is -3.88. The van der Waals surface area contributed by atoms with Gasteiger partial charge in [0.15, 0.2) is 17.3 Å².